The first-order valence-corrected chi connectivity index (χ1v) is 18.6. The fraction of sp³-hybridized carbons (Fsp3) is 0.421. The number of alkyl halides is 3. The molecule has 0 radical (unpaired) electrons. The molecule has 0 unspecified atom stereocenters. The van der Waals surface area contributed by atoms with Crippen LogP contribution < -0.4 is 16.0 Å². The van der Waals surface area contributed by atoms with E-state index in [-0.39, 0.29) is 60.3 Å². The van der Waals surface area contributed by atoms with Crippen LogP contribution in [0.1, 0.15) is 39.9 Å². The van der Waals surface area contributed by atoms with Gasteiger partial charge in [0.25, 0.3) is 11.8 Å². The molecule has 19 heteroatoms. The smallest absolute Gasteiger partial charge is 0.418 e. The summed E-state index contributed by atoms with van der Waals surface area (Å²) in [6, 6.07) is 12.2. The Morgan fingerprint density at radius 3 is 2.35 bits per heavy atom. The van der Waals surface area contributed by atoms with Gasteiger partial charge in [0.1, 0.15) is 5.82 Å². The van der Waals surface area contributed by atoms with E-state index in [1.165, 1.54) is 33.0 Å². The molecule has 3 aromatic rings. The summed E-state index contributed by atoms with van der Waals surface area (Å²) < 4.78 is 52.4. The molecular formula is C38H42ClF3N8O7. The van der Waals surface area contributed by atoms with Crippen LogP contribution in [0.2, 0.25) is 5.02 Å². The summed E-state index contributed by atoms with van der Waals surface area (Å²) in [7, 11) is 3.08. The monoisotopic (exact) mass is 814 g/mol. The van der Waals surface area contributed by atoms with Gasteiger partial charge in [-0.25, -0.2) is 19.4 Å². The number of piperidine rings is 1. The molecular weight excluding hydrogens is 773 g/mol. The minimum atomic E-state index is -4.83. The molecule has 0 bridgehead atoms. The fourth-order valence-electron chi connectivity index (χ4n) is 6.89. The number of anilines is 3. The summed E-state index contributed by atoms with van der Waals surface area (Å²) in [5, 5.41) is 2.55. The Labute approximate surface area is 331 Å². The molecule has 15 nitrogen and oxygen atoms in total. The standard InChI is InChI=1S/C38H42ClF3N8O7/c1-46(2)32(51)22-56-35(53)24-7-8-31(44-20-24)47-13-15-48(16-14-47)34(52)30(19-23-17-27(38(40,41)42)33(43)28(39)18-23)57-37(55)49-11-9-26(10-12-49)50-21-25-5-3-4-6-29(25)45-36(50)54/h3-8,17-18,20,26,30H,9-16,19,21-22,43H2,1-2H3,(H,45,54)/t30-/m1/s1. The third-order valence-corrected chi connectivity index (χ3v) is 10.5. The summed E-state index contributed by atoms with van der Waals surface area (Å²) in [4.78, 5) is 76.8. The molecule has 0 spiro atoms. The summed E-state index contributed by atoms with van der Waals surface area (Å²) in [5.74, 6) is -1.19. The van der Waals surface area contributed by atoms with Crippen molar-refractivity contribution >= 4 is 58.7 Å². The molecule has 0 saturated carbocycles. The Hall–Kier alpha value is -5.78. The number of nitrogens with one attached hydrogen (secondary N) is 1. The SMILES string of the molecule is CN(C)C(=O)COC(=O)c1ccc(N2CCN(C(=O)[C@@H](Cc3cc(Cl)c(N)c(C(F)(F)F)c3)OC(=O)N3CCC(N4Cc5ccccc5NC4=O)CC3)CC2)nc1. The maximum atomic E-state index is 14.1. The number of esters is 1. The van der Waals surface area contributed by atoms with E-state index in [0.717, 1.165) is 17.3 Å². The van der Waals surface area contributed by atoms with Gasteiger partial charge in [-0.05, 0) is 54.3 Å². The summed E-state index contributed by atoms with van der Waals surface area (Å²) in [6.07, 6.45) is -5.34. The van der Waals surface area contributed by atoms with Crippen LogP contribution in [0.3, 0.4) is 0 Å². The van der Waals surface area contributed by atoms with Gasteiger partial charge >= 0.3 is 24.3 Å². The number of hydrogen-bond donors (Lipinski definition) is 2. The van der Waals surface area contributed by atoms with Crippen molar-refractivity contribution in [3.05, 3.63) is 82.0 Å². The van der Waals surface area contributed by atoms with Crippen LogP contribution in [0, 0.1) is 0 Å². The Kier molecular flexibility index (Phi) is 12.3. The number of likely N-dealkylation sites (N-methyl/N-ethyl adjacent to an activating group) is 1. The number of fused-ring (bicyclic) bond motifs is 1. The number of nitrogens with two attached hydrogens (primary N) is 1. The Balaban J connectivity index is 1.11. The number of para-hydroxylation sites is 1. The number of nitrogens with zero attached hydrogens (tertiary/aromatic N) is 6. The van der Waals surface area contributed by atoms with Gasteiger partial charge in [-0.2, -0.15) is 13.2 Å². The maximum absolute atomic E-state index is 14.1. The Morgan fingerprint density at radius 1 is 1.00 bits per heavy atom. The lowest BCUT2D eigenvalue weighted by Gasteiger charge is -2.40. The van der Waals surface area contributed by atoms with Gasteiger partial charge in [-0.1, -0.05) is 29.8 Å². The number of carbonyl (C=O) groups excluding carboxylic acids is 5. The first-order valence-electron chi connectivity index (χ1n) is 18.2. The van der Waals surface area contributed by atoms with Crippen molar-refractivity contribution in [2.75, 3.05) is 75.9 Å². The number of nitrogen functional groups attached to an aromatic ring is 1. The van der Waals surface area contributed by atoms with Crippen molar-refractivity contribution in [2.24, 2.45) is 0 Å². The van der Waals surface area contributed by atoms with E-state index in [0.29, 0.717) is 38.3 Å². The molecule has 3 aliphatic rings. The van der Waals surface area contributed by atoms with E-state index >= 15 is 0 Å². The van der Waals surface area contributed by atoms with Crippen LogP contribution in [0.15, 0.2) is 54.7 Å². The topological polar surface area (TPSA) is 171 Å². The molecule has 2 fully saturated rings. The normalized spacial score (nSPS) is 16.7. The highest BCUT2D eigenvalue weighted by Gasteiger charge is 2.38. The van der Waals surface area contributed by atoms with Crippen LogP contribution in [0.5, 0.6) is 0 Å². The maximum Gasteiger partial charge on any atom is 0.418 e. The third kappa shape index (κ3) is 9.61. The predicted octanol–water partition coefficient (Wildman–Crippen LogP) is 4.49. The quantitative estimate of drug-likeness (QED) is 0.232. The molecule has 304 valence electrons. The molecule has 57 heavy (non-hydrogen) atoms. The Bertz CT molecular complexity index is 2000. The van der Waals surface area contributed by atoms with Gasteiger partial charge in [0.15, 0.2) is 12.7 Å². The number of likely N-dealkylation sites (tertiary alicyclic amines) is 1. The summed E-state index contributed by atoms with van der Waals surface area (Å²) in [5.41, 5.74) is 5.68. The van der Waals surface area contributed by atoms with Gasteiger partial charge in [-0.3, -0.25) is 9.59 Å². The van der Waals surface area contributed by atoms with Gasteiger partial charge < -0.3 is 45.0 Å². The summed E-state index contributed by atoms with van der Waals surface area (Å²) in [6.45, 7) is 1.37. The summed E-state index contributed by atoms with van der Waals surface area (Å²) >= 11 is 6.10. The van der Waals surface area contributed by atoms with E-state index in [1.54, 1.807) is 25.1 Å². The number of piperazine rings is 1. The zero-order valence-corrected chi connectivity index (χ0v) is 32.0. The lowest BCUT2D eigenvalue weighted by atomic mass is 10.0. The van der Waals surface area contributed by atoms with E-state index in [9.17, 15) is 37.1 Å². The molecule has 6 rings (SSSR count). The number of carbonyl (C=O) groups is 5. The molecule has 5 amide bonds. The molecule has 3 aliphatic heterocycles. The number of rotatable bonds is 9. The fourth-order valence-corrected chi connectivity index (χ4v) is 7.13. The number of urea groups is 1. The highest BCUT2D eigenvalue weighted by atomic mass is 35.5. The van der Waals surface area contributed by atoms with Gasteiger partial charge in [0.2, 0.25) is 0 Å². The zero-order chi connectivity index (χ0) is 41.0. The number of ether oxygens (including phenoxy) is 2. The molecule has 1 aromatic heterocycles. The van der Waals surface area contributed by atoms with Gasteiger partial charge in [0.05, 0.1) is 21.8 Å². The van der Waals surface area contributed by atoms with Crippen molar-refractivity contribution in [2.45, 2.75) is 44.1 Å². The van der Waals surface area contributed by atoms with E-state index in [2.05, 4.69) is 10.3 Å². The van der Waals surface area contributed by atoms with Gasteiger partial charge in [0, 0.05) is 84.3 Å². The van der Waals surface area contributed by atoms with Crippen LogP contribution in [0.4, 0.5) is 40.0 Å². The van der Waals surface area contributed by atoms with Crippen molar-refractivity contribution in [3.8, 4) is 0 Å². The molecule has 1 atom stereocenters. The van der Waals surface area contributed by atoms with Crippen LogP contribution in [0.25, 0.3) is 0 Å². The van der Waals surface area contributed by atoms with Gasteiger partial charge in [-0.15, -0.1) is 0 Å². The highest BCUT2D eigenvalue weighted by molar-refractivity contribution is 6.33. The molecule has 4 heterocycles. The van der Waals surface area contributed by atoms with Crippen molar-refractivity contribution in [3.63, 3.8) is 0 Å². The minimum Gasteiger partial charge on any atom is -0.452 e. The number of benzene rings is 2. The average molecular weight is 815 g/mol. The van der Waals surface area contributed by atoms with Crippen molar-refractivity contribution in [1.29, 1.82) is 0 Å². The minimum absolute atomic E-state index is 0.00434. The molecule has 2 aromatic carbocycles. The number of halogens is 4. The van der Waals surface area contributed by atoms with E-state index < -0.39 is 54.5 Å². The zero-order valence-electron chi connectivity index (χ0n) is 31.3. The van der Waals surface area contributed by atoms with Crippen LogP contribution >= 0.6 is 11.6 Å². The van der Waals surface area contributed by atoms with Crippen LogP contribution in [-0.2, 0) is 38.2 Å². The number of pyridine rings is 1. The largest absolute Gasteiger partial charge is 0.452 e. The van der Waals surface area contributed by atoms with E-state index in [4.69, 9.17) is 26.8 Å². The molecule has 3 N–H and O–H groups in total. The van der Waals surface area contributed by atoms with Crippen LogP contribution in [-0.4, -0.2) is 127 Å². The number of amides is 5. The average Bonchev–Trinajstić information content (AvgIpc) is 3.20. The second-order valence-electron chi connectivity index (χ2n) is 14.1. The predicted molar refractivity (Wildman–Crippen MR) is 202 cm³/mol. The lowest BCUT2D eigenvalue weighted by molar-refractivity contribution is -0.141. The van der Waals surface area contributed by atoms with E-state index in [1.807, 2.05) is 29.2 Å². The second kappa shape index (κ2) is 17.2. The number of hydrogen-bond acceptors (Lipinski definition) is 10. The Morgan fingerprint density at radius 2 is 1.70 bits per heavy atom. The highest BCUT2D eigenvalue weighted by Crippen LogP contribution is 2.38. The molecule has 0 aliphatic carbocycles. The number of aromatic nitrogens is 1. The first kappa shape index (κ1) is 40.9. The third-order valence-electron chi connectivity index (χ3n) is 10.2. The lowest BCUT2D eigenvalue weighted by Crippen LogP contribution is -2.54. The second-order valence-corrected chi connectivity index (χ2v) is 14.5. The van der Waals surface area contributed by atoms with Crippen molar-refractivity contribution < 1.29 is 46.6 Å². The molecule has 2 saturated heterocycles. The van der Waals surface area contributed by atoms with Crippen molar-refractivity contribution in [1.82, 2.24) is 24.6 Å². The first-order chi connectivity index (χ1) is 27.1.